The van der Waals surface area contributed by atoms with Crippen molar-refractivity contribution in [1.29, 1.82) is 0 Å². The zero-order valence-electron chi connectivity index (χ0n) is 8.26. The Labute approximate surface area is 93.0 Å². The number of carbonyl (C=O) groups excluding carboxylic acids is 1. The highest BCUT2D eigenvalue weighted by Gasteiger charge is 2.50. The lowest BCUT2D eigenvalue weighted by Crippen LogP contribution is -2.41. The monoisotopic (exact) mass is 257 g/mol. The number of nitrogens with one attached hydrogen (secondary N) is 1. The van der Waals surface area contributed by atoms with Crippen LogP contribution in [0, 0.1) is 17.8 Å². The predicted octanol–water partition coefficient (Wildman–Crippen LogP) is 2.08. The van der Waals surface area contributed by atoms with Crippen LogP contribution >= 0.6 is 15.9 Å². The van der Waals surface area contributed by atoms with Crippen LogP contribution in [0.15, 0.2) is 0 Å². The van der Waals surface area contributed by atoms with Crippen molar-refractivity contribution >= 4 is 21.8 Å². The maximum absolute atomic E-state index is 11.9. The average Bonchev–Trinajstić information content (AvgIpc) is 3.08. The molecular formula is C11H16BrNO. The van der Waals surface area contributed by atoms with Crippen LogP contribution in [0.3, 0.4) is 0 Å². The van der Waals surface area contributed by atoms with Crippen LogP contribution < -0.4 is 5.32 Å². The van der Waals surface area contributed by atoms with Crippen LogP contribution in [0.2, 0.25) is 0 Å². The molecule has 0 spiro atoms. The van der Waals surface area contributed by atoms with Crippen LogP contribution in [-0.4, -0.2) is 16.8 Å². The van der Waals surface area contributed by atoms with Gasteiger partial charge in [-0.15, -0.1) is 0 Å². The molecule has 0 heterocycles. The number of rotatable bonds is 3. The first kappa shape index (κ1) is 9.20. The maximum Gasteiger partial charge on any atom is 0.223 e. The Balaban J connectivity index is 1.55. The second kappa shape index (κ2) is 2.97. The van der Waals surface area contributed by atoms with E-state index in [-0.39, 0.29) is 5.54 Å². The Bertz CT molecular complexity index is 264. The van der Waals surface area contributed by atoms with E-state index in [0.29, 0.717) is 11.8 Å². The van der Waals surface area contributed by atoms with Crippen molar-refractivity contribution < 1.29 is 4.79 Å². The number of amides is 1. The summed E-state index contributed by atoms with van der Waals surface area (Å²) in [5, 5.41) is 4.14. The third kappa shape index (κ3) is 1.50. The van der Waals surface area contributed by atoms with Crippen LogP contribution in [0.25, 0.3) is 0 Å². The Kier molecular flexibility index (Phi) is 1.95. The summed E-state index contributed by atoms with van der Waals surface area (Å²) in [6.07, 6.45) is 6.03. The van der Waals surface area contributed by atoms with E-state index in [0.717, 1.165) is 42.8 Å². The summed E-state index contributed by atoms with van der Waals surface area (Å²) in [5.41, 5.74) is 0.143. The molecule has 2 unspecified atom stereocenters. The van der Waals surface area contributed by atoms with Crippen molar-refractivity contribution in [2.24, 2.45) is 17.8 Å². The van der Waals surface area contributed by atoms with E-state index in [1.54, 1.807) is 0 Å². The molecule has 2 nitrogen and oxygen atoms in total. The molecule has 78 valence electrons. The zero-order valence-corrected chi connectivity index (χ0v) is 9.85. The fraction of sp³-hybridized carbons (Fsp3) is 0.909. The molecule has 1 amide bonds. The molecule has 0 bridgehead atoms. The van der Waals surface area contributed by atoms with Gasteiger partial charge in [-0.25, -0.2) is 0 Å². The van der Waals surface area contributed by atoms with Crippen molar-refractivity contribution in [1.82, 2.24) is 5.32 Å². The number of fused-ring (bicyclic) bond motifs is 1. The van der Waals surface area contributed by atoms with E-state index in [9.17, 15) is 4.79 Å². The summed E-state index contributed by atoms with van der Waals surface area (Å²) in [5.74, 6) is 2.49. The number of carbonyl (C=O) groups is 1. The molecule has 0 aromatic carbocycles. The molecule has 0 aromatic rings. The molecule has 14 heavy (non-hydrogen) atoms. The van der Waals surface area contributed by atoms with E-state index in [1.165, 1.54) is 6.42 Å². The molecule has 0 saturated heterocycles. The van der Waals surface area contributed by atoms with Crippen molar-refractivity contribution in [2.75, 3.05) is 5.33 Å². The van der Waals surface area contributed by atoms with Crippen LogP contribution in [0.1, 0.15) is 32.1 Å². The van der Waals surface area contributed by atoms with Gasteiger partial charge in [0.15, 0.2) is 0 Å². The van der Waals surface area contributed by atoms with Crippen LogP contribution in [-0.2, 0) is 4.79 Å². The van der Waals surface area contributed by atoms with Gasteiger partial charge in [-0.05, 0) is 43.9 Å². The summed E-state index contributed by atoms with van der Waals surface area (Å²) in [4.78, 5) is 11.9. The van der Waals surface area contributed by atoms with E-state index in [1.807, 2.05) is 0 Å². The molecule has 3 aliphatic rings. The third-order valence-corrected chi connectivity index (χ3v) is 5.19. The molecular weight excluding hydrogens is 242 g/mol. The number of hydrogen-bond acceptors (Lipinski definition) is 1. The summed E-state index contributed by atoms with van der Waals surface area (Å²) < 4.78 is 0. The first-order valence-corrected chi connectivity index (χ1v) is 6.73. The van der Waals surface area contributed by atoms with Gasteiger partial charge in [0.05, 0.1) is 0 Å². The molecule has 2 atom stereocenters. The minimum absolute atomic E-state index is 0.143. The summed E-state index contributed by atoms with van der Waals surface area (Å²) in [7, 11) is 0. The molecule has 3 heteroatoms. The minimum atomic E-state index is 0.143. The average molecular weight is 258 g/mol. The highest BCUT2D eigenvalue weighted by Crippen LogP contribution is 2.54. The number of alkyl halides is 1. The lowest BCUT2D eigenvalue weighted by atomic mass is 10.0. The number of hydrogen-bond donors (Lipinski definition) is 1. The lowest BCUT2D eigenvalue weighted by Gasteiger charge is -2.18. The molecule has 0 aromatic heterocycles. The summed E-state index contributed by atoms with van der Waals surface area (Å²) >= 11 is 3.48. The Hall–Kier alpha value is -0.0500. The Morgan fingerprint density at radius 3 is 2.43 bits per heavy atom. The Morgan fingerprint density at radius 2 is 1.93 bits per heavy atom. The lowest BCUT2D eigenvalue weighted by molar-refractivity contribution is -0.125. The molecule has 3 fully saturated rings. The van der Waals surface area contributed by atoms with Gasteiger partial charge in [-0.3, -0.25) is 4.79 Å². The van der Waals surface area contributed by atoms with Gasteiger partial charge in [-0.1, -0.05) is 15.9 Å². The second-order valence-electron chi connectivity index (χ2n) is 5.33. The first-order chi connectivity index (χ1) is 6.72. The fourth-order valence-electron chi connectivity index (χ4n) is 2.74. The molecule has 3 aliphatic carbocycles. The quantitative estimate of drug-likeness (QED) is 0.771. The van der Waals surface area contributed by atoms with Crippen LogP contribution in [0.4, 0.5) is 0 Å². The zero-order chi connectivity index (χ0) is 9.76. The van der Waals surface area contributed by atoms with E-state index in [4.69, 9.17) is 0 Å². The van der Waals surface area contributed by atoms with Crippen molar-refractivity contribution in [2.45, 2.75) is 37.6 Å². The summed E-state index contributed by atoms with van der Waals surface area (Å²) in [6.45, 7) is 0. The maximum atomic E-state index is 11.9. The largest absolute Gasteiger partial charge is 0.350 e. The standard InChI is InChI=1S/C11H16BrNO/c12-6-11(1-2-11)13-10(14)9-4-7-3-8(7)5-9/h7-9H,1-6H2,(H,13,14). The molecule has 0 radical (unpaired) electrons. The molecule has 3 saturated carbocycles. The van der Waals surface area contributed by atoms with Gasteiger partial charge in [0.2, 0.25) is 5.91 Å². The van der Waals surface area contributed by atoms with Crippen molar-refractivity contribution in [3.05, 3.63) is 0 Å². The van der Waals surface area contributed by atoms with E-state index in [2.05, 4.69) is 21.2 Å². The highest BCUT2D eigenvalue weighted by molar-refractivity contribution is 9.09. The Morgan fingerprint density at radius 1 is 1.29 bits per heavy atom. The molecule has 1 N–H and O–H groups in total. The topological polar surface area (TPSA) is 29.1 Å². The van der Waals surface area contributed by atoms with Crippen molar-refractivity contribution in [3.8, 4) is 0 Å². The minimum Gasteiger partial charge on any atom is -0.350 e. The number of halogens is 1. The van der Waals surface area contributed by atoms with E-state index < -0.39 is 0 Å². The highest BCUT2D eigenvalue weighted by atomic mass is 79.9. The van der Waals surface area contributed by atoms with Gasteiger partial charge in [0.25, 0.3) is 0 Å². The SMILES string of the molecule is O=C(NC1(CBr)CC1)C1CC2CC2C1. The first-order valence-electron chi connectivity index (χ1n) is 5.60. The van der Waals surface area contributed by atoms with Gasteiger partial charge >= 0.3 is 0 Å². The second-order valence-corrected chi connectivity index (χ2v) is 5.89. The molecule has 3 rings (SSSR count). The van der Waals surface area contributed by atoms with Gasteiger partial charge < -0.3 is 5.32 Å². The van der Waals surface area contributed by atoms with Gasteiger partial charge in [0, 0.05) is 16.8 Å². The van der Waals surface area contributed by atoms with Gasteiger partial charge in [-0.2, -0.15) is 0 Å². The van der Waals surface area contributed by atoms with Gasteiger partial charge in [0.1, 0.15) is 0 Å². The van der Waals surface area contributed by atoms with E-state index >= 15 is 0 Å². The predicted molar refractivity (Wildman–Crippen MR) is 58.2 cm³/mol. The normalized spacial score (nSPS) is 41.6. The smallest absolute Gasteiger partial charge is 0.223 e. The summed E-state index contributed by atoms with van der Waals surface area (Å²) in [6, 6.07) is 0. The fourth-order valence-corrected chi connectivity index (χ4v) is 3.44. The third-order valence-electron chi connectivity index (χ3n) is 4.11. The van der Waals surface area contributed by atoms with Crippen LogP contribution in [0.5, 0.6) is 0 Å². The molecule has 0 aliphatic heterocycles. The van der Waals surface area contributed by atoms with Crippen molar-refractivity contribution in [3.63, 3.8) is 0 Å².